The Hall–Kier alpha value is -3.51. The summed E-state index contributed by atoms with van der Waals surface area (Å²) in [6, 6.07) is 26.0. The van der Waals surface area contributed by atoms with Gasteiger partial charge in [0.1, 0.15) is 10.6 Å². The Kier molecular flexibility index (Phi) is 6.16. The molecule has 0 saturated carbocycles. The molecular weight excluding hydrogens is 442 g/mol. The number of thioether (sulfide) groups is 1. The number of aryl methyl sites for hydroxylation is 2. The molecule has 172 valence electrons. The summed E-state index contributed by atoms with van der Waals surface area (Å²) in [5.41, 5.74) is 4.29. The van der Waals surface area contributed by atoms with Gasteiger partial charge in [0.25, 0.3) is 11.8 Å². The number of benzene rings is 3. The highest BCUT2D eigenvalue weighted by molar-refractivity contribution is 8.04. The van der Waals surface area contributed by atoms with Crippen LogP contribution in [0.2, 0.25) is 0 Å². The van der Waals surface area contributed by atoms with E-state index < -0.39 is 0 Å². The average Bonchev–Trinajstić information content (AvgIpc) is 3.11. The van der Waals surface area contributed by atoms with Gasteiger partial charge in [0, 0.05) is 36.8 Å². The monoisotopic (exact) mass is 469 g/mol. The van der Waals surface area contributed by atoms with E-state index in [0.717, 1.165) is 29.1 Å². The number of rotatable bonds is 5. The van der Waals surface area contributed by atoms with E-state index in [1.807, 2.05) is 80.6 Å². The summed E-state index contributed by atoms with van der Waals surface area (Å²) in [5.74, 6) is -0.474. The zero-order chi connectivity index (χ0) is 23.7. The van der Waals surface area contributed by atoms with Crippen LogP contribution in [0.25, 0.3) is 0 Å². The third-order valence-electron chi connectivity index (χ3n) is 6.30. The molecule has 34 heavy (non-hydrogen) atoms. The smallest absolute Gasteiger partial charge is 0.283 e. The standard InChI is InChI=1S/C28H27N3O2S/c1-20-13-14-21(2)24(19-20)31-27(32)25(26(28(31)33)34-23-11-7-4-8-12-23)30-17-15-29(16-18-30)22-9-5-3-6-10-22/h3-14,19H,15-18H2,1-2H3. The fourth-order valence-electron chi connectivity index (χ4n) is 4.48. The molecule has 2 heterocycles. The molecule has 0 bridgehead atoms. The molecule has 2 aliphatic rings. The maximum atomic E-state index is 13.8. The minimum Gasteiger partial charge on any atom is -0.368 e. The van der Waals surface area contributed by atoms with Crippen molar-refractivity contribution in [3.05, 3.63) is 101 Å². The van der Waals surface area contributed by atoms with Gasteiger partial charge in [-0.05, 0) is 55.3 Å². The summed E-state index contributed by atoms with van der Waals surface area (Å²) >= 11 is 1.38. The number of amides is 2. The van der Waals surface area contributed by atoms with Crippen molar-refractivity contribution in [3.8, 4) is 0 Å². The Morgan fingerprint density at radius 1 is 0.706 bits per heavy atom. The Bertz CT molecular complexity index is 1250. The van der Waals surface area contributed by atoms with E-state index in [2.05, 4.69) is 21.9 Å². The van der Waals surface area contributed by atoms with E-state index in [9.17, 15) is 9.59 Å². The molecule has 0 N–H and O–H groups in total. The summed E-state index contributed by atoms with van der Waals surface area (Å²) in [6.45, 7) is 6.87. The second-order valence-electron chi connectivity index (χ2n) is 8.64. The Balaban J connectivity index is 1.48. The van der Waals surface area contributed by atoms with Gasteiger partial charge in [0.2, 0.25) is 0 Å². The van der Waals surface area contributed by atoms with Crippen molar-refractivity contribution in [2.24, 2.45) is 0 Å². The Labute approximate surface area is 204 Å². The quantitative estimate of drug-likeness (QED) is 0.492. The first-order chi connectivity index (χ1) is 16.5. The van der Waals surface area contributed by atoms with Crippen molar-refractivity contribution in [3.63, 3.8) is 0 Å². The summed E-state index contributed by atoms with van der Waals surface area (Å²) in [4.78, 5) is 34.8. The summed E-state index contributed by atoms with van der Waals surface area (Å²) in [7, 11) is 0. The van der Waals surface area contributed by atoms with Crippen molar-refractivity contribution in [1.29, 1.82) is 0 Å². The van der Waals surface area contributed by atoms with Gasteiger partial charge in [-0.2, -0.15) is 0 Å². The molecule has 1 saturated heterocycles. The van der Waals surface area contributed by atoms with Crippen molar-refractivity contribution < 1.29 is 9.59 Å². The second kappa shape index (κ2) is 9.39. The van der Waals surface area contributed by atoms with Gasteiger partial charge in [-0.25, -0.2) is 4.90 Å². The SMILES string of the molecule is Cc1ccc(C)c(N2C(=O)C(Sc3ccccc3)=C(N3CCN(c4ccccc4)CC3)C2=O)c1. The maximum Gasteiger partial charge on any atom is 0.283 e. The molecule has 2 aliphatic heterocycles. The molecule has 2 amide bonds. The minimum atomic E-state index is -0.243. The first-order valence-electron chi connectivity index (χ1n) is 11.5. The third kappa shape index (κ3) is 4.21. The Morgan fingerprint density at radius 2 is 1.32 bits per heavy atom. The number of carbonyl (C=O) groups is 2. The van der Waals surface area contributed by atoms with Gasteiger partial charge in [-0.15, -0.1) is 0 Å². The summed E-state index contributed by atoms with van der Waals surface area (Å²) in [6.07, 6.45) is 0. The lowest BCUT2D eigenvalue weighted by Crippen LogP contribution is -2.47. The molecule has 0 aromatic heterocycles. The lowest BCUT2D eigenvalue weighted by molar-refractivity contribution is -0.121. The number of hydrogen-bond donors (Lipinski definition) is 0. The van der Waals surface area contributed by atoms with Crippen LogP contribution in [0.15, 0.2) is 94.4 Å². The predicted octanol–water partition coefficient (Wildman–Crippen LogP) is 5.00. The van der Waals surface area contributed by atoms with Gasteiger partial charge in [-0.1, -0.05) is 60.3 Å². The fraction of sp³-hybridized carbons (Fsp3) is 0.214. The summed E-state index contributed by atoms with van der Waals surface area (Å²) in [5, 5.41) is 0. The van der Waals surface area contributed by atoms with Gasteiger partial charge in [-0.3, -0.25) is 9.59 Å². The van der Waals surface area contributed by atoms with Crippen LogP contribution in [0.4, 0.5) is 11.4 Å². The first-order valence-corrected chi connectivity index (χ1v) is 12.3. The van der Waals surface area contributed by atoms with Crippen molar-refractivity contribution in [2.75, 3.05) is 36.0 Å². The normalized spacial score (nSPS) is 16.6. The molecule has 5 rings (SSSR count). The minimum absolute atomic E-state index is 0.231. The molecule has 0 aliphatic carbocycles. The van der Waals surface area contributed by atoms with Crippen LogP contribution in [-0.2, 0) is 9.59 Å². The zero-order valence-corrected chi connectivity index (χ0v) is 20.2. The number of nitrogens with zero attached hydrogens (tertiary/aromatic N) is 3. The Morgan fingerprint density at radius 3 is 2.00 bits per heavy atom. The number of piperazine rings is 1. The van der Waals surface area contributed by atoms with Crippen LogP contribution in [0.5, 0.6) is 0 Å². The molecule has 3 aromatic carbocycles. The summed E-state index contributed by atoms with van der Waals surface area (Å²) < 4.78 is 0. The van der Waals surface area contributed by atoms with Crippen molar-refractivity contribution in [2.45, 2.75) is 18.7 Å². The third-order valence-corrected chi connectivity index (χ3v) is 7.38. The van der Waals surface area contributed by atoms with Crippen LogP contribution >= 0.6 is 11.8 Å². The molecule has 6 heteroatoms. The molecule has 0 radical (unpaired) electrons. The molecule has 3 aromatic rings. The first kappa shape index (κ1) is 22.3. The van der Waals surface area contributed by atoms with Gasteiger partial charge in [0.15, 0.2) is 0 Å². The van der Waals surface area contributed by atoms with Crippen molar-refractivity contribution in [1.82, 2.24) is 4.90 Å². The number of anilines is 2. The van der Waals surface area contributed by atoms with Crippen LogP contribution in [0.1, 0.15) is 11.1 Å². The molecule has 5 nitrogen and oxygen atoms in total. The lowest BCUT2D eigenvalue weighted by Gasteiger charge is -2.37. The van der Waals surface area contributed by atoms with E-state index in [0.29, 0.717) is 29.4 Å². The van der Waals surface area contributed by atoms with E-state index in [4.69, 9.17) is 0 Å². The van der Waals surface area contributed by atoms with E-state index in [1.54, 1.807) is 0 Å². The highest BCUT2D eigenvalue weighted by Gasteiger charge is 2.43. The van der Waals surface area contributed by atoms with Gasteiger partial charge < -0.3 is 9.80 Å². The van der Waals surface area contributed by atoms with Crippen LogP contribution in [-0.4, -0.2) is 42.9 Å². The predicted molar refractivity (Wildman–Crippen MR) is 138 cm³/mol. The number of para-hydroxylation sites is 1. The average molecular weight is 470 g/mol. The van der Waals surface area contributed by atoms with Gasteiger partial charge in [0.05, 0.1) is 5.69 Å². The second-order valence-corrected chi connectivity index (χ2v) is 9.72. The van der Waals surface area contributed by atoms with Crippen LogP contribution in [0, 0.1) is 13.8 Å². The largest absolute Gasteiger partial charge is 0.368 e. The fourth-order valence-corrected chi connectivity index (χ4v) is 5.50. The maximum absolute atomic E-state index is 13.8. The number of carbonyl (C=O) groups excluding carboxylic acids is 2. The molecular formula is C28H27N3O2S. The lowest BCUT2D eigenvalue weighted by atomic mass is 10.1. The van der Waals surface area contributed by atoms with Crippen LogP contribution in [0.3, 0.4) is 0 Å². The van der Waals surface area contributed by atoms with E-state index >= 15 is 0 Å². The molecule has 0 unspecified atom stereocenters. The van der Waals surface area contributed by atoms with E-state index in [-0.39, 0.29) is 11.8 Å². The highest BCUT2D eigenvalue weighted by Crippen LogP contribution is 2.40. The highest BCUT2D eigenvalue weighted by atomic mass is 32.2. The zero-order valence-electron chi connectivity index (χ0n) is 19.4. The van der Waals surface area contributed by atoms with E-state index in [1.165, 1.54) is 22.3 Å². The molecule has 0 atom stereocenters. The van der Waals surface area contributed by atoms with Crippen LogP contribution < -0.4 is 9.80 Å². The number of hydrogen-bond acceptors (Lipinski definition) is 5. The number of imide groups is 1. The van der Waals surface area contributed by atoms with Gasteiger partial charge >= 0.3 is 0 Å². The molecule has 1 fully saturated rings. The topological polar surface area (TPSA) is 43.9 Å². The molecule has 0 spiro atoms. The van der Waals surface area contributed by atoms with Crippen molar-refractivity contribution >= 4 is 35.0 Å².